The fraction of sp³-hybridized carbons (Fsp3) is 0.222. The molecule has 1 N–H and O–H groups in total. The lowest BCUT2D eigenvalue weighted by Crippen LogP contribution is -2.34. The quantitative estimate of drug-likeness (QED) is 0.648. The second-order valence-electron chi connectivity index (χ2n) is 5.79. The van der Waals surface area contributed by atoms with Crippen LogP contribution in [-0.2, 0) is 24.3 Å². The molecule has 0 aliphatic carbocycles. The summed E-state index contributed by atoms with van der Waals surface area (Å²) in [5, 5.41) is 2.57. The van der Waals surface area contributed by atoms with Crippen LogP contribution in [0, 0.1) is 6.92 Å². The maximum Gasteiger partial charge on any atom is 0.321 e. The maximum atomic E-state index is 12.4. The molecule has 0 heterocycles. The molecule has 7 nitrogen and oxygen atoms in total. The van der Waals surface area contributed by atoms with Gasteiger partial charge in [-0.3, -0.25) is 9.59 Å². The van der Waals surface area contributed by atoms with Crippen LogP contribution in [0.25, 0.3) is 0 Å². The van der Waals surface area contributed by atoms with Crippen molar-refractivity contribution >= 4 is 43.5 Å². The van der Waals surface area contributed by atoms with Crippen molar-refractivity contribution in [2.45, 2.75) is 11.8 Å². The first kappa shape index (κ1) is 21.1. The zero-order chi connectivity index (χ0) is 20.0. The molecule has 2 aromatic carbocycles. The Kier molecular flexibility index (Phi) is 7.11. The second-order valence-corrected chi connectivity index (χ2v) is 8.75. The molecule has 0 spiro atoms. The second kappa shape index (κ2) is 9.12. The van der Waals surface area contributed by atoms with Crippen LogP contribution in [0.5, 0.6) is 0 Å². The Hall–Kier alpha value is -2.23. The minimum absolute atomic E-state index is 0.0794. The number of benzene rings is 2. The smallest absolute Gasteiger partial charge is 0.321 e. The summed E-state index contributed by atoms with van der Waals surface area (Å²) in [5.41, 5.74) is 1.47. The van der Waals surface area contributed by atoms with Crippen LogP contribution in [-0.4, -0.2) is 44.8 Å². The molecule has 0 radical (unpaired) electrons. The predicted octanol–water partition coefficient (Wildman–Crippen LogP) is 2.56. The monoisotopic (exact) mass is 454 g/mol. The highest BCUT2D eigenvalue weighted by atomic mass is 79.9. The van der Waals surface area contributed by atoms with Crippen LogP contribution < -0.4 is 5.32 Å². The maximum absolute atomic E-state index is 12.4. The van der Waals surface area contributed by atoms with Crippen LogP contribution in [0.15, 0.2) is 57.9 Å². The summed E-state index contributed by atoms with van der Waals surface area (Å²) in [5.74, 6) is -1.34. The minimum atomic E-state index is -3.82. The van der Waals surface area contributed by atoms with E-state index in [0.717, 1.165) is 14.3 Å². The molecular formula is C18H19BrN2O5S. The number of sulfonamides is 1. The Morgan fingerprint density at radius 2 is 1.81 bits per heavy atom. The van der Waals surface area contributed by atoms with Gasteiger partial charge in [-0.2, -0.15) is 4.31 Å². The number of anilines is 1. The van der Waals surface area contributed by atoms with Crippen molar-refractivity contribution in [2.75, 3.05) is 25.5 Å². The van der Waals surface area contributed by atoms with E-state index >= 15 is 0 Å². The number of amides is 1. The summed E-state index contributed by atoms with van der Waals surface area (Å²) in [6, 6.07) is 13.2. The molecule has 2 aromatic rings. The number of esters is 1. The summed E-state index contributed by atoms with van der Waals surface area (Å²) in [7, 11) is -2.54. The van der Waals surface area contributed by atoms with E-state index in [1.54, 1.807) is 36.4 Å². The lowest BCUT2D eigenvalue weighted by Gasteiger charge is -2.16. The van der Waals surface area contributed by atoms with Gasteiger partial charge in [0.2, 0.25) is 10.0 Å². The first-order chi connectivity index (χ1) is 12.7. The summed E-state index contributed by atoms with van der Waals surface area (Å²) < 4.78 is 31.4. The number of nitrogens with zero attached hydrogens (tertiary/aromatic N) is 1. The van der Waals surface area contributed by atoms with Crippen molar-refractivity contribution in [3.05, 3.63) is 58.6 Å². The summed E-state index contributed by atoms with van der Waals surface area (Å²) >= 11 is 3.28. The van der Waals surface area contributed by atoms with Gasteiger partial charge in [0.05, 0.1) is 4.90 Å². The molecule has 0 saturated carbocycles. The van der Waals surface area contributed by atoms with Crippen LogP contribution in [0.2, 0.25) is 0 Å². The normalized spacial score (nSPS) is 11.3. The number of halogens is 1. The number of rotatable bonds is 7. The van der Waals surface area contributed by atoms with Crippen molar-refractivity contribution in [1.29, 1.82) is 0 Å². The van der Waals surface area contributed by atoms with Crippen LogP contribution in [0.1, 0.15) is 5.56 Å². The minimum Gasteiger partial charge on any atom is -0.455 e. The third-order valence-electron chi connectivity index (χ3n) is 3.55. The highest BCUT2D eigenvalue weighted by Gasteiger charge is 2.23. The number of likely N-dealkylation sites (N-methyl/N-ethyl adjacent to an activating group) is 1. The largest absolute Gasteiger partial charge is 0.455 e. The topological polar surface area (TPSA) is 92.8 Å². The zero-order valence-electron chi connectivity index (χ0n) is 14.8. The van der Waals surface area contributed by atoms with Gasteiger partial charge in [-0.1, -0.05) is 39.7 Å². The van der Waals surface area contributed by atoms with E-state index in [4.69, 9.17) is 4.74 Å². The lowest BCUT2D eigenvalue weighted by molar-refractivity contribution is -0.147. The van der Waals surface area contributed by atoms with E-state index < -0.39 is 35.1 Å². The summed E-state index contributed by atoms with van der Waals surface area (Å²) in [6.07, 6.45) is 0. The zero-order valence-corrected chi connectivity index (χ0v) is 17.2. The molecule has 27 heavy (non-hydrogen) atoms. The van der Waals surface area contributed by atoms with Gasteiger partial charge in [-0.15, -0.1) is 0 Å². The van der Waals surface area contributed by atoms with E-state index in [-0.39, 0.29) is 4.90 Å². The number of carbonyl (C=O) groups is 2. The Bertz CT molecular complexity index is 929. The van der Waals surface area contributed by atoms with Gasteiger partial charge in [-0.25, -0.2) is 8.42 Å². The molecule has 0 saturated heterocycles. The highest BCUT2D eigenvalue weighted by molar-refractivity contribution is 9.10. The Balaban J connectivity index is 1.87. The molecule has 1 amide bonds. The molecule has 0 aliphatic heterocycles. The molecule has 0 atom stereocenters. The molecule has 0 bridgehead atoms. The van der Waals surface area contributed by atoms with Crippen molar-refractivity contribution in [3.8, 4) is 0 Å². The van der Waals surface area contributed by atoms with Gasteiger partial charge in [0.1, 0.15) is 6.54 Å². The average Bonchev–Trinajstić information content (AvgIpc) is 2.60. The number of carbonyl (C=O) groups excluding carboxylic acids is 2. The number of hydrogen-bond donors (Lipinski definition) is 1. The molecular weight excluding hydrogens is 436 g/mol. The van der Waals surface area contributed by atoms with Crippen molar-refractivity contribution < 1.29 is 22.7 Å². The summed E-state index contributed by atoms with van der Waals surface area (Å²) in [4.78, 5) is 23.8. The van der Waals surface area contributed by atoms with Gasteiger partial charge in [0, 0.05) is 17.2 Å². The van der Waals surface area contributed by atoms with E-state index in [2.05, 4.69) is 21.2 Å². The first-order valence-corrected chi connectivity index (χ1v) is 10.2. The van der Waals surface area contributed by atoms with E-state index in [1.807, 2.05) is 6.92 Å². The van der Waals surface area contributed by atoms with Crippen molar-refractivity contribution in [3.63, 3.8) is 0 Å². The first-order valence-electron chi connectivity index (χ1n) is 7.92. The fourth-order valence-corrected chi connectivity index (χ4v) is 3.63. The Labute approximate surface area is 166 Å². The SMILES string of the molecule is Cc1ccc(S(=O)(=O)N(C)CC(=O)OCC(=O)Nc2cccc(Br)c2)cc1. The van der Waals surface area contributed by atoms with E-state index in [9.17, 15) is 18.0 Å². The average molecular weight is 455 g/mol. The number of nitrogens with one attached hydrogen (secondary N) is 1. The van der Waals surface area contributed by atoms with Crippen molar-refractivity contribution in [2.24, 2.45) is 0 Å². The molecule has 144 valence electrons. The van der Waals surface area contributed by atoms with Crippen LogP contribution in [0.3, 0.4) is 0 Å². The van der Waals surface area contributed by atoms with Crippen LogP contribution >= 0.6 is 15.9 Å². The van der Waals surface area contributed by atoms with E-state index in [0.29, 0.717) is 5.69 Å². The van der Waals surface area contributed by atoms with Gasteiger partial charge in [-0.05, 0) is 37.3 Å². The number of ether oxygens (including phenoxy) is 1. The molecule has 0 aliphatic rings. The van der Waals surface area contributed by atoms with Crippen molar-refractivity contribution in [1.82, 2.24) is 4.31 Å². The number of aryl methyl sites for hydroxylation is 1. The van der Waals surface area contributed by atoms with Gasteiger partial charge < -0.3 is 10.1 Å². The third-order valence-corrected chi connectivity index (χ3v) is 5.86. The highest BCUT2D eigenvalue weighted by Crippen LogP contribution is 2.16. The van der Waals surface area contributed by atoms with Gasteiger partial charge in [0.15, 0.2) is 6.61 Å². The van der Waals surface area contributed by atoms with Gasteiger partial charge >= 0.3 is 5.97 Å². The molecule has 0 aromatic heterocycles. The summed E-state index contributed by atoms with van der Waals surface area (Å²) in [6.45, 7) is 0.834. The lowest BCUT2D eigenvalue weighted by atomic mass is 10.2. The number of hydrogen-bond acceptors (Lipinski definition) is 5. The molecule has 9 heteroatoms. The third kappa shape index (κ3) is 6.16. The molecule has 0 fully saturated rings. The standard InChI is InChI=1S/C18H19BrN2O5S/c1-13-6-8-16(9-7-13)27(24,25)21(2)11-18(23)26-12-17(22)20-15-5-3-4-14(19)10-15/h3-10H,11-12H2,1-2H3,(H,20,22). The van der Waals surface area contributed by atoms with E-state index in [1.165, 1.54) is 19.2 Å². The predicted molar refractivity (Wildman–Crippen MR) is 105 cm³/mol. The molecule has 0 unspecified atom stereocenters. The van der Waals surface area contributed by atoms with Crippen LogP contribution in [0.4, 0.5) is 5.69 Å². The Morgan fingerprint density at radius 3 is 2.44 bits per heavy atom. The fourth-order valence-electron chi connectivity index (χ4n) is 2.11. The molecule has 2 rings (SSSR count). The Morgan fingerprint density at radius 1 is 1.15 bits per heavy atom. The van der Waals surface area contributed by atoms with Gasteiger partial charge in [0.25, 0.3) is 5.91 Å².